The van der Waals surface area contributed by atoms with Gasteiger partial charge in [0.15, 0.2) is 0 Å². The van der Waals surface area contributed by atoms with Crippen molar-refractivity contribution in [2.24, 2.45) is 0 Å². The molecule has 35 heavy (non-hydrogen) atoms. The van der Waals surface area contributed by atoms with Gasteiger partial charge >= 0.3 is 11.8 Å². The van der Waals surface area contributed by atoms with Gasteiger partial charge in [-0.15, -0.1) is 0 Å². The van der Waals surface area contributed by atoms with Gasteiger partial charge in [-0.3, -0.25) is 19.8 Å². The first kappa shape index (κ1) is 24.0. The molecule has 0 spiro atoms. The number of benzene rings is 3. The molecule has 3 amide bonds. The van der Waals surface area contributed by atoms with E-state index < -0.39 is 17.7 Å². The average molecular weight is 489 g/mol. The van der Waals surface area contributed by atoms with Crippen LogP contribution < -0.4 is 16.1 Å². The Bertz CT molecular complexity index is 1410. The standard InChI is InChI=1S/C27H25ClN4O3/c1-17-8-10-22(18(2)14-17)30-25(33)24-16-20-15-21(28)9-11-23(20)32(24)31-27(35)26(34)29-13-12-19-6-4-3-5-7-19/h3-11,14-16H,12-13H2,1-2H3,(H,29,34)(H,30,33)(H,31,35). The number of anilines is 1. The first-order valence-corrected chi connectivity index (χ1v) is 11.5. The van der Waals surface area contributed by atoms with E-state index >= 15 is 0 Å². The Morgan fingerprint density at radius 3 is 2.40 bits per heavy atom. The number of rotatable bonds is 6. The zero-order valence-electron chi connectivity index (χ0n) is 19.4. The molecule has 0 aliphatic heterocycles. The van der Waals surface area contributed by atoms with E-state index in [0.29, 0.717) is 34.6 Å². The van der Waals surface area contributed by atoms with Gasteiger partial charge in [0.25, 0.3) is 5.91 Å². The van der Waals surface area contributed by atoms with Crippen LogP contribution in [0.25, 0.3) is 10.9 Å². The first-order chi connectivity index (χ1) is 16.8. The topological polar surface area (TPSA) is 92.2 Å². The molecule has 1 heterocycles. The molecule has 1 aromatic heterocycles. The summed E-state index contributed by atoms with van der Waals surface area (Å²) in [6.45, 7) is 4.18. The Morgan fingerprint density at radius 2 is 1.66 bits per heavy atom. The van der Waals surface area contributed by atoms with Crippen molar-refractivity contribution in [1.82, 2.24) is 9.99 Å². The number of aryl methyl sites for hydroxylation is 2. The van der Waals surface area contributed by atoms with Gasteiger partial charge in [-0.25, -0.2) is 4.68 Å². The Labute approximate surface area is 208 Å². The molecule has 0 saturated heterocycles. The second-order valence-corrected chi connectivity index (χ2v) is 8.71. The lowest BCUT2D eigenvalue weighted by Gasteiger charge is -2.14. The van der Waals surface area contributed by atoms with Crippen LogP contribution in [0.5, 0.6) is 0 Å². The van der Waals surface area contributed by atoms with Crippen molar-refractivity contribution in [2.45, 2.75) is 20.3 Å². The first-order valence-electron chi connectivity index (χ1n) is 11.1. The highest BCUT2D eigenvalue weighted by Crippen LogP contribution is 2.24. The van der Waals surface area contributed by atoms with Crippen LogP contribution in [-0.4, -0.2) is 28.9 Å². The highest BCUT2D eigenvalue weighted by molar-refractivity contribution is 6.38. The fourth-order valence-electron chi connectivity index (χ4n) is 3.81. The molecule has 0 radical (unpaired) electrons. The summed E-state index contributed by atoms with van der Waals surface area (Å²) in [5.41, 5.74) is 6.93. The Balaban J connectivity index is 1.53. The molecule has 8 heteroatoms. The number of hydrogen-bond acceptors (Lipinski definition) is 3. The number of carbonyl (C=O) groups excluding carboxylic acids is 3. The summed E-state index contributed by atoms with van der Waals surface area (Å²) >= 11 is 6.13. The van der Waals surface area contributed by atoms with E-state index in [2.05, 4.69) is 16.1 Å². The van der Waals surface area contributed by atoms with Gasteiger partial charge in [0.05, 0.1) is 5.52 Å². The lowest BCUT2D eigenvalue weighted by molar-refractivity contribution is -0.136. The number of hydrogen-bond donors (Lipinski definition) is 3. The lowest BCUT2D eigenvalue weighted by Crippen LogP contribution is -2.40. The fraction of sp³-hybridized carbons (Fsp3) is 0.148. The monoisotopic (exact) mass is 488 g/mol. The number of aromatic nitrogens is 1. The number of amides is 3. The lowest BCUT2D eigenvalue weighted by atomic mass is 10.1. The zero-order valence-corrected chi connectivity index (χ0v) is 20.1. The summed E-state index contributed by atoms with van der Waals surface area (Å²) in [7, 11) is 0. The summed E-state index contributed by atoms with van der Waals surface area (Å²) in [6.07, 6.45) is 0.592. The SMILES string of the molecule is Cc1ccc(NC(=O)c2cc3cc(Cl)ccc3n2NC(=O)C(=O)NCCc2ccccc2)c(C)c1. The van der Waals surface area contributed by atoms with Gasteiger partial charge in [-0.2, -0.15) is 0 Å². The molecule has 3 aromatic carbocycles. The van der Waals surface area contributed by atoms with Crippen molar-refractivity contribution in [2.75, 3.05) is 17.3 Å². The summed E-state index contributed by atoms with van der Waals surface area (Å²) in [5.74, 6) is -2.11. The molecule has 0 aliphatic rings. The smallest absolute Gasteiger partial charge is 0.328 e. The van der Waals surface area contributed by atoms with Gasteiger partial charge in [0.2, 0.25) is 0 Å². The zero-order chi connectivity index (χ0) is 24.9. The van der Waals surface area contributed by atoms with Crippen molar-refractivity contribution >= 4 is 45.9 Å². The molecule has 3 N–H and O–H groups in total. The fourth-order valence-corrected chi connectivity index (χ4v) is 3.99. The molecule has 178 valence electrons. The van der Waals surface area contributed by atoms with Crippen LogP contribution in [0.1, 0.15) is 27.2 Å². The van der Waals surface area contributed by atoms with E-state index in [4.69, 9.17) is 11.6 Å². The minimum absolute atomic E-state index is 0.160. The summed E-state index contributed by atoms with van der Waals surface area (Å²) in [6, 6.07) is 22.0. The second kappa shape index (κ2) is 10.4. The average Bonchev–Trinajstić information content (AvgIpc) is 3.18. The van der Waals surface area contributed by atoms with Gasteiger partial charge < -0.3 is 10.6 Å². The largest absolute Gasteiger partial charge is 0.347 e. The van der Waals surface area contributed by atoms with Crippen LogP contribution in [0, 0.1) is 13.8 Å². The number of halogens is 1. The van der Waals surface area contributed by atoms with Gasteiger partial charge in [0, 0.05) is 22.6 Å². The van der Waals surface area contributed by atoms with E-state index in [1.54, 1.807) is 24.3 Å². The molecule has 0 fully saturated rings. The molecule has 0 aliphatic carbocycles. The Kier molecular flexibility index (Phi) is 7.17. The maximum Gasteiger partial charge on any atom is 0.328 e. The van der Waals surface area contributed by atoms with Crippen LogP contribution in [0.15, 0.2) is 72.8 Å². The Morgan fingerprint density at radius 1 is 0.886 bits per heavy atom. The summed E-state index contributed by atoms with van der Waals surface area (Å²) < 4.78 is 1.31. The van der Waals surface area contributed by atoms with Crippen LogP contribution >= 0.6 is 11.6 Å². The molecule has 7 nitrogen and oxygen atoms in total. The van der Waals surface area contributed by atoms with Gasteiger partial charge in [0.1, 0.15) is 5.69 Å². The second-order valence-electron chi connectivity index (χ2n) is 8.27. The maximum absolute atomic E-state index is 13.2. The van der Waals surface area contributed by atoms with Gasteiger partial charge in [-0.1, -0.05) is 59.6 Å². The molecule has 0 bridgehead atoms. The van der Waals surface area contributed by atoms with Crippen molar-refractivity contribution in [3.63, 3.8) is 0 Å². The number of fused-ring (bicyclic) bond motifs is 1. The van der Waals surface area contributed by atoms with Crippen LogP contribution in [0.2, 0.25) is 5.02 Å². The molecule has 0 unspecified atom stereocenters. The molecule has 0 atom stereocenters. The predicted molar refractivity (Wildman–Crippen MR) is 138 cm³/mol. The highest BCUT2D eigenvalue weighted by atomic mass is 35.5. The molecular formula is C27H25ClN4O3. The van der Waals surface area contributed by atoms with Crippen molar-refractivity contribution in [3.8, 4) is 0 Å². The Hall–Kier alpha value is -4.10. The van der Waals surface area contributed by atoms with Gasteiger partial charge in [-0.05, 0) is 61.7 Å². The van der Waals surface area contributed by atoms with Crippen molar-refractivity contribution in [1.29, 1.82) is 0 Å². The number of nitrogens with zero attached hydrogens (tertiary/aromatic N) is 1. The van der Waals surface area contributed by atoms with Crippen LogP contribution in [0.3, 0.4) is 0 Å². The van der Waals surface area contributed by atoms with E-state index in [9.17, 15) is 14.4 Å². The van der Waals surface area contributed by atoms with E-state index in [1.165, 1.54) is 4.68 Å². The van der Waals surface area contributed by atoms with E-state index in [1.807, 2.05) is 62.4 Å². The van der Waals surface area contributed by atoms with E-state index in [0.717, 1.165) is 16.7 Å². The summed E-state index contributed by atoms with van der Waals surface area (Å²) in [4.78, 5) is 38.3. The predicted octanol–water partition coefficient (Wildman–Crippen LogP) is 4.59. The number of carbonyl (C=O) groups is 3. The van der Waals surface area contributed by atoms with E-state index in [-0.39, 0.29) is 5.69 Å². The van der Waals surface area contributed by atoms with Crippen molar-refractivity contribution in [3.05, 3.63) is 100 Å². The number of nitrogens with one attached hydrogen (secondary N) is 3. The summed E-state index contributed by atoms with van der Waals surface area (Å²) in [5, 5.41) is 6.63. The third-order valence-corrected chi connectivity index (χ3v) is 5.82. The normalized spacial score (nSPS) is 10.7. The highest BCUT2D eigenvalue weighted by Gasteiger charge is 2.21. The van der Waals surface area contributed by atoms with Crippen LogP contribution in [0.4, 0.5) is 5.69 Å². The molecule has 4 aromatic rings. The van der Waals surface area contributed by atoms with Crippen LogP contribution in [-0.2, 0) is 16.0 Å². The quantitative estimate of drug-likeness (QED) is 0.346. The minimum atomic E-state index is -0.883. The molecule has 4 rings (SSSR count). The van der Waals surface area contributed by atoms with Crippen molar-refractivity contribution < 1.29 is 14.4 Å². The minimum Gasteiger partial charge on any atom is -0.347 e. The third-order valence-electron chi connectivity index (χ3n) is 5.59. The molecular weight excluding hydrogens is 464 g/mol. The maximum atomic E-state index is 13.2. The third kappa shape index (κ3) is 5.70. The molecule has 0 saturated carbocycles.